The van der Waals surface area contributed by atoms with Gasteiger partial charge in [-0.25, -0.2) is 9.98 Å². The quantitative estimate of drug-likeness (QED) is 0.504. The molecule has 130 valence electrons. The van der Waals surface area contributed by atoms with Crippen LogP contribution in [0.3, 0.4) is 0 Å². The first kappa shape index (κ1) is 17.5. The van der Waals surface area contributed by atoms with Crippen LogP contribution in [0.5, 0.6) is 0 Å². The number of aliphatic imine (C=N–C) groups is 1. The van der Waals surface area contributed by atoms with Crippen LogP contribution in [-0.4, -0.2) is 21.9 Å². The first-order valence-electron chi connectivity index (χ1n) is 8.38. The van der Waals surface area contributed by atoms with Gasteiger partial charge in [-0.1, -0.05) is 30.3 Å². The van der Waals surface area contributed by atoms with Crippen molar-refractivity contribution in [2.45, 2.75) is 26.4 Å². The molecule has 0 aliphatic rings. The van der Waals surface area contributed by atoms with Crippen molar-refractivity contribution in [2.24, 2.45) is 4.99 Å². The Morgan fingerprint density at radius 2 is 2.00 bits per heavy atom. The van der Waals surface area contributed by atoms with E-state index in [1.165, 1.54) is 5.56 Å². The Bertz CT molecular complexity index is 857. The molecule has 0 aliphatic carbocycles. The first-order chi connectivity index (χ1) is 12.2. The summed E-state index contributed by atoms with van der Waals surface area (Å²) >= 11 is 3.48. The van der Waals surface area contributed by atoms with E-state index in [1.54, 1.807) is 0 Å². The van der Waals surface area contributed by atoms with Crippen molar-refractivity contribution in [2.75, 3.05) is 6.54 Å². The molecule has 0 spiro atoms. The second-order valence-electron chi connectivity index (χ2n) is 5.82. The summed E-state index contributed by atoms with van der Waals surface area (Å²) < 4.78 is 3.03. The van der Waals surface area contributed by atoms with E-state index in [0.29, 0.717) is 6.54 Å². The maximum Gasteiger partial charge on any atom is 0.192 e. The Hall–Kier alpha value is -2.34. The number of hydrogen-bond acceptors (Lipinski definition) is 2. The van der Waals surface area contributed by atoms with Gasteiger partial charge in [-0.2, -0.15) is 0 Å². The summed E-state index contributed by atoms with van der Waals surface area (Å²) in [5, 5.41) is 6.74. The number of fused-ring (bicyclic) bond motifs is 1. The van der Waals surface area contributed by atoms with Crippen LogP contribution in [0.4, 0.5) is 0 Å². The number of aromatic nitrogens is 2. The van der Waals surface area contributed by atoms with E-state index in [4.69, 9.17) is 0 Å². The molecule has 25 heavy (non-hydrogen) atoms. The summed E-state index contributed by atoms with van der Waals surface area (Å²) in [6.07, 6.45) is 4.00. The molecule has 0 fully saturated rings. The van der Waals surface area contributed by atoms with Crippen LogP contribution in [0, 0.1) is 0 Å². The number of imidazole rings is 1. The highest BCUT2D eigenvalue weighted by molar-refractivity contribution is 9.10. The molecule has 0 saturated carbocycles. The molecule has 6 heteroatoms. The van der Waals surface area contributed by atoms with Crippen molar-refractivity contribution in [3.63, 3.8) is 0 Å². The predicted molar refractivity (Wildman–Crippen MR) is 106 cm³/mol. The topological polar surface area (TPSA) is 53.7 Å². The van der Waals surface area contributed by atoms with Gasteiger partial charge in [0.05, 0.1) is 18.3 Å². The molecule has 2 aromatic heterocycles. The van der Waals surface area contributed by atoms with Gasteiger partial charge in [-0.15, -0.1) is 0 Å². The smallest absolute Gasteiger partial charge is 0.192 e. The summed E-state index contributed by atoms with van der Waals surface area (Å²) in [6, 6.07) is 14.5. The fourth-order valence-corrected chi connectivity index (χ4v) is 2.96. The van der Waals surface area contributed by atoms with Crippen LogP contribution in [0.15, 0.2) is 64.3 Å². The molecule has 0 bridgehead atoms. The third kappa shape index (κ3) is 4.60. The van der Waals surface area contributed by atoms with Crippen LogP contribution in [0.2, 0.25) is 0 Å². The van der Waals surface area contributed by atoms with E-state index in [0.717, 1.165) is 28.3 Å². The van der Waals surface area contributed by atoms with Crippen LogP contribution < -0.4 is 10.6 Å². The maximum atomic E-state index is 4.67. The molecule has 1 unspecified atom stereocenters. The van der Waals surface area contributed by atoms with Crippen LogP contribution in [0.25, 0.3) is 5.65 Å². The van der Waals surface area contributed by atoms with Crippen LogP contribution >= 0.6 is 15.9 Å². The minimum absolute atomic E-state index is 0.177. The zero-order chi connectivity index (χ0) is 17.6. The van der Waals surface area contributed by atoms with Crippen molar-refractivity contribution in [1.82, 2.24) is 20.0 Å². The molecule has 3 rings (SSSR count). The second-order valence-corrected chi connectivity index (χ2v) is 6.73. The van der Waals surface area contributed by atoms with E-state index in [-0.39, 0.29) is 6.04 Å². The SMILES string of the molecule is CCNC(=NCc1cn2cc(Br)ccc2n1)NC(C)c1ccccc1. The van der Waals surface area contributed by atoms with Gasteiger partial charge in [0.2, 0.25) is 0 Å². The first-order valence-corrected chi connectivity index (χ1v) is 9.18. The third-order valence-corrected chi connectivity index (χ3v) is 4.33. The highest BCUT2D eigenvalue weighted by Crippen LogP contribution is 2.13. The van der Waals surface area contributed by atoms with Gasteiger partial charge in [-0.05, 0) is 47.5 Å². The fraction of sp³-hybridized carbons (Fsp3) is 0.263. The summed E-state index contributed by atoms with van der Waals surface area (Å²) in [5.41, 5.74) is 3.08. The molecule has 0 amide bonds. The largest absolute Gasteiger partial charge is 0.357 e. The highest BCUT2D eigenvalue weighted by atomic mass is 79.9. The Morgan fingerprint density at radius 1 is 1.20 bits per heavy atom. The zero-order valence-electron chi connectivity index (χ0n) is 14.4. The normalized spacial score (nSPS) is 13.0. The molecule has 0 saturated heterocycles. The lowest BCUT2D eigenvalue weighted by Crippen LogP contribution is -2.38. The number of hydrogen-bond donors (Lipinski definition) is 2. The molecule has 5 nitrogen and oxygen atoms in total. The predicted octanol–water partition coefficient (Wildman–Crippen LogP) is 3.91. The van der Waals surface area contributed by atoms with Crippen LogP contribution in [-0.2, 0) is 6.54 Å². The average Bonchev–Trinajstić information content (AvgIpc) is 3.02. The van der Waals surface area contributed by atoms with Crippen molar-refractivity contribution >= 4 is 27.5 Å². The Morgan fingerprint density at radius 3 is 2.76 bits per heavy atom. The van der Waals surface area contributed by atoms with Gasteiger partial charge in [-0.3, -0.25) is 0 Å². The highest BCUT2D eigenvalue weighted by Gasteiger charge is 2.08. The van der Waals surface area contributed by atoms with Gasteiger partial charge < -0.3 is 15.0 Å². The van der Waals surface area contributed by atoms with Gasteiger partial charge >= 0.3 is 0 Å². The number of nitrogens with one attached hydrogen (secondary N) is 2. The lowest BCUT2D eigenvalue weighted by Gasteiger charge is -2.18. The number of pyridine rings is 1. The Balaban J connectivity index is 1.72. The summed E-state index contributed by atoms with van der Waals surface area (Å²) in [4.78, 5) is 9.28. The number of guanidine groups is 1. The molecular formula is C19H22BrN5. The van der Waals surface area contributed by atoms with Crippen molar-refractivity contribution < 1.29 is 0 Å². The molecule has 1 aromatic carbocycles. The molecule has 2 N–H and O–H groups in total. The van der Waals surface area contributed by atoms with Gasteiger partial charge in [0.1, 0.15) is 5.65 Å². The van der Waals surface area contributed by atoms with Crippen molar-refractivity contribution in [1.29, 1.82) is 0 Å². The number of nitrogens with zero attached hydrogens (tertiary/aromatic N) is 3. The number of halogens is 1. The third-order valence-electron chi connectivity index (χ3n) is 3.86. The second kappa shape index (κ2) is 8.16. The Kier molecular flexibility index (Phi) is 5.71. The standard InChI is InChI=1S/C19H22BrN5/c1-3-21-19(23-14(2)15-7-5-4-6-8-15)22-11-17-13-25-12-16(20)9-10-18(25)24-17/h4-10,12-14H,3,11H2,1-2H3,(H2,21,22,23). The minimum Gasteiger partial charge on any atom is -0.357 e. The maximum absolute atomic E-state index is 4.67. The zero-order valence-corrected chi connectivity index (χ0v) is 16.0. The summed E-state index contributed by atoms with van der Waals surface area (Å²) in [6.45, 7) is 5.53. The molecule has 3 aromatic rings. The van der Waals surface area contributed by atoms with E-state index in [2.05, 4.69) is 62.5 Å². The van der Waals surface area contributed by atoms with Gasteiger partial charge in [0.25, 0.3) is 0 Å². The van der Waals surface area contributed by atoms with Gasteiger partial charge in [0, 0.05) is 23.4 Å². The molecule has 1 atom stereocenters. The van der Waals surface area contributed by atoms with E-state index in [1.807, 2.05) is 47.1 Å². The number of rotatable bonds is 5. The monoisotopic (exact) mass is 399 g/mol. The average molecular weight is 400 g/mol. The van der Waals surface area contributed by atoms with Crippen LogP contribution in [0.1, 0.15) is 31.1 Å². The van der Waals surface area contributed by atoms with E-state index < -0.39 is 0 Å². The van der Waals surface area contributed by atoms with Gasteiger partial charge in [0.15, 0.2) is 5.96 Å². The summed E-state index contributed by atoms with van der Waals surface area (Å²) in [5.74, 6) is 0.789. The number of benzene rings is 1. The molecular weight excluding hydrogens is 378 g/mol. The minimum atomic E-state index is 0.177. The molecule has 0 radical (unpaired) electrons. The lowest BCUT2D eigenvalue weighted by atomic mass is 10.1. The molecule has 0 aliphatic heterocycles. The van der Waals surface area contributed by atoms with Crippen molar-refractivity contribution in [3.8, 4) is 0 Å². The lowest BCUT2D eigenvalue weighted by molar-refractivity contribution is 0.686. The van der Waals surface area contributed by atoms with E-state index in [9.17, 15) is 0 Å². The van der Waals surface area contributed by atoms with Crippen molar-refractivity contribution in [3.05, 3.63) is 70.6 Å². The summed E-state index contributed by atoms with van der Waals surface area (Å²) in [7, 11) is 0. The molecule has 2 heterocycles. The fourth-order valence-electron chi connectivity index (χ4n) is 2.60. The Labute approximate surface area is 156 Å². The van der Waals surface area contributed by atoms with E-state index >= 15 is 0 Å².